The molecule has 0 saturated carbocycles. The maximum absolute atomic E-state index is 12.6. The van der Waals surface area contributed by atoms with Gasteiger partial charge in [-0.05, 0) is 36.1 Å². The molecule has 1 atom stereocenters. The van der Waals surface area contributed by atoms with Crippen LogP contribution in [0.25, 0.3) is 0 Å². The lowest BCUT2D eigenvalue weighted by Gasteiger charge is -2.33. The summed E-state index contributed by atoms with van der Waals surface area (Å²) in [5, 5.41) is 6.59. The number of ether oxygens (including phenoxy) is 2. The van der Waals surface area contributed by atoms with E-state index in [1.54, 1.807) is 0 Å². The number of urea groups is 1. The highest BCUT2D eigenvalue weighted by molar-refractivity contribution is 5.74. The Morgan fingerprint density at radius 1 is 1.04 bits per heavy atom. The van der Waals surface area contributed by atoms with Gasteiger partial charge in [0.05, 0.1) is 0 Å². The van der Waals surface area contributed by atoms with E-state index in [4.69, 9.17) is 9.47 Å². The molecule has 2 amide bonds. The lowest BCUT2D eigenvalue weighted by molar-refractivity contribution is 0.172. The fourth-order valence-corrected chi connectivity index (χ4v) is 3.53. The third-order valence-electron chi connectivity index (χ3n) is 5.03. The minimum absolute atomic E-state index is 0.0149. The Kier molecular flexibility index (Phi) is 5.44. The van der Waals surface area contributed by atoms with Gasteiger partial charge in [0.1, 0.15) is 0 Å². The van der Waals surface area contributed by atoms with Crippen molar-refractivity contribution in [2.24, 2.45) is 0 Å². The summed E-state index contributed by atoms with van der Waals surface area (Å²) >= 11 is 0. The Morgan fingerprint density at radius 3 is 2.78 bits per heavy atom. The van der Waals surface area contributed by atoms with Gasteiger partial charge in [0.25, 0.3) is 0 Å². The highest BCUT2D eigenvalue weighted by Gasteiger charge is 2.23. The summed E-state index contributed by atoms with van der Waals surface area (Å²) in [6.07, 6.45) is 2.11. The first-order chi connectivity index (χ1) is 13.3. The molecule has 2 heterocycles. The van der Waals surface area contributed by atoms with Gasteiger partial charge in [-0.1, -0.05) is 36.4 Å². The minimum Gasteiger partial charge on any atom is -0.454 e. The number of benzene rings is 2. The molecule has 1 saturated heterocycles. The fraction of sp³-hybridized carbons (Fsp3) is 0.381. The van der Waals surface area contributed by atoms with Crippen molar-refractivity contribution in [1.29, 1.82) is 0 Å². The molecule has 0 aliphatic carbocycles. The van der Waals surface area contributed by atoms with Crippen LogP contribution in [0.5, 0.6) is 11.5 Å². The monoisotopic (exact) mass is 367 g/mol. The van der Waals surface area contributed by atoms with E-state index in [0.29, 0.717) is 12.6 Å². The van der Waals surface area contributed by atoms with Crippen molar-refractivity contribution >= 4 is 6.03 Å². The number of piperidine rings is 1. The molecule has 2 aliphatic rings. The summed E-state index contributed by atoms with van der Waals surface area (Å²) < 4.78 is 10.7. The maximum Gasteiger partial charge on any atom is 0.317 e. The third kappa shape index (κ3) is 4.52. The number of hydrogen-bond acceptors (Lipinski definition) is 4. The van der Waals surface area contributed by atoms with Gasteiger partial charge in [-0.15, -0.1) is 0 Å². The van der Waals surface area contributed by atoms with Crippen molar-refractivity contribution < 1.29 is 14.3 Å². The summed E-state index contributed by atoms with van der Waals surface area (Å²) in [6, 6.07) is 16.4. The average Bonchev–Trinajstić information content (AvgIpc) is 3.19. The minimum atomic E-state index is -0.0149. The normalized spacial score (nSPS) is 18.4. The zero-order valence-electron chi connectivity index (χ0n) is 15.3. The standard InChI is InChI=1S/C21H25N3O3/c25-21(23-13-17-8-9-19-20(11-17)27-15-26-19)24-10-4-7-18(14-24)22-12-16-5-2-1-3-6-16/h1-3,5-6,8-9,11,18,22H,4,7,10,12-15H2,(H,23,25)/t18-/m0/s1. The second kappa shape index (κ2) is 8.31. The first-order valence-corrected chi connectivity index (χ1v) is 9.46. The number of nitrogens with one attached hydrogen (secondary N) is 2. The predicted molar refractivity (Wildman–Crippen MR) is 103 cm³/mol. The predicted octanol–water partition coefficient (Wildman–Crippen LogP) is 2.88. The quantitative estimate of drug-likeness (QED) is 0.853. The molecule has 2 aromatic carbocycles. The summed E-state index contributed by atoms with van der Waals surface area (Å²) in [7, 11) is 0. The van der Waals surface area contributed by atoms with Crippen LogP contribution < -0.4 is 20.1 Å². The van der Waals surface area contributed by atoms with Crippen LogP contribution in [0, 0.1) is 0 Å². The second-order valence-electron chi connectivity index (χ2n) is 7.00. The summed E-state index contributed by atoms with van der Waals surface area (Å²) in [6.45, 7) is 3.11. The van der Waals surface area contributed by atoms with Gasteiger partial charge in [0.15, 0.2) is 11.5 Å². The van der Waals surface area contributed by atoms with Gasteiger partial charge in [0, 0.05) is 32.2 Å². The summed E-state index contributed by atoms with van der Waals surface area (Å²) in [5.41, 5.74) is 2.27. The topological polar surface area (TPSA) is 62.8 Å². The number of nitrogens with zero attached hydrogens (tertiary/aromatic N) is 1. The largest absolute Gasteiger partial charge is 0.454 e. The summed E-state index contributed by atoms with van der Waals surface area (Å²) in [5.74, 6) is 1.50. The van der Waals surface area contributed by atoms with Gasteiger partial charge in [0.2, 0.25) is 6.79 Å². The van der Waals surface area contributed by atoms with Crippen molar-refractivity contribution in [2.45, 2.75) is 32.0 Å². The zero-order chi connectivity index (χ0) is 18.5. The van der Waals surface area contributed by atoms with Gasteiger partial charge >= 0.3 is 6.03 Å². The Bertz CT molecular complexity index is 781. The van der Waals surface area contributed by atoms with Gasteiger partial charge in [-0.2, -0.15) is 0 Å². The van der Waals surface area contributed by atoms with Crippen molar-refractivity contribution in [3.05, 3.63) is 59.7 Å². The molecule has 0 radical (unpaired) electrons. The first-order valence-electron chi connectivity index (χ1n) is 9.46. The van der Waals surface area contributed by atoms with Crippen LogP contribution in [0.1, 0.15) is 24.0 Å². The maximum atomic E-state index is 12.6. The molecule has 2 aromatic rings. The molecule has 142 valence electrons. The number of amides is 2. The molecule has 1 fully saturated rings. The van der Waals surface area contributed by atoms with Crippen LogP contribution in [0.3, 0.4) is 0 Å². The first kappa shape index (κ1) is 17.7. The SMILES string of the molecule is O=C(NCc1ccc2c(c1)OCO2)N1CCC[C@H](NCc2ccccc2)C1. The number of hydrogen-bond donors (Lipinski definition) is 2. The molecule has 2 N–H and O–H groups in total. The van der Waals surface area contributed by atoms with Gasteiger partial charge in [-0.25, -0.2) is 4.79 Å². The van der Waals surface area contributed by atoms with Crippen LogP contribution in [0.4, 0.5) is 4.79 Å². The van der Waals surface area contributed by atoms with Crippen molar-refractivity contribution in [3.8, 4) is 11.5 Å². The van der Waals surface area contributed by atoms with E-state index in [1.165, 1.54) is 5.56 Å². The van der Waals surface area contributed by atoms with E-state index in [-0.39, 0.29) is 12.8 Å². The van der Waals surface area contributed by atoms with E-state index in [1.807, 2.05) is 41.3 Å². The van der Waals surface area contributed by atoms with E-state index < -0.39 is 0 Å². The van der Waals surface area contributed by atoms with Crippen LogP contribution in [-0.2, 0) is 13.1 Å². The highest BCUT2D eigenvalue weighted by atomic mass is 16.7. The van der Waals surface area contributed by atoms with E-state index >= 15 is 0 Å². The van der Waals surface area contributed by atoms with Crippen LogP contribution in [-0.4, -0.2) is 36.9 Å². The number of fused-ring (bicyclic) bond motifs is 1. The van der Waals surface area contributed by atoms with Crippen molar-refractivity contribution in [1.82, 2.24) is 15.5 Å². The Labute approximate surface area is 159 Å². The lowest BCUT2D eigenvalue weighted by atomic mass is 10.1. The van der Waals surface area contributed by atoms with Crippen molar-refractivity contribution in [3.63, 3.8) is 0 Å². The third-order valence-corrected chi connectivity index (χ3v) is 5.03. The number of carbonyl (C=O) groups excluding carboxylic acids is 1. The molecule has 27 heavy (non-hydrogen) atoms. The molecular weight excluding hydrogens is 342 g/mol. The van der Waals surface area contributed by atoms with Gasteiger partial charge in [-0.3, -0.25) is 0 Å². The Balaban J connectivity index is 1.25. The Morgan fingerprint density at radius 2 is 1.89 bits per heavy atom. The molecule has 0 aromatic heterocycles. The number of likely N-dealkylation sites (tertiary alicyclic amines) is 1. The van der Waals surface area contributed by atoms with E-state index in [9.17, 15) is 4.79 Å². The molecule has 2 aliphatic heterocycles. The second-order valence-corrected chi connectivity index (χ2v) is 7.00. The van der Waals surface area contributed by atoms with Crippen LogP contribution in [0.15, 0.2) is 48.5 Å². The highest BCUT2D eigenvalue weighted by Crippen LogP contribution is 2.32. The van der Waals surface area contributed by atoms with Crippen LogP contribution in [0.2, 0.25) is 0 Å². The molecule has 6 heteroatoms. The number of rotatable bonds is 5. The molecule has 0 spiro atoms. The molecule has 0 unspecified atom stereocenters. The Hall–Kier alpha value is -2.73. The van der Waals surface area contributed by atoms with Crippen molar-refractivity contribution in [2.75, 3.05) is 19.9 Å². The average molecular weight is 367 g/mol. The van der Waals surface area contributed by atoms with Crippen LogP contribution >= 0.6 is 0 Å². The fourth-order valence-electron chi connectivity index (χ4n) is 3.53. The van der Waals surface area contributed by atoms with E-state index in [0.717, 1.165) is 49.5 Å². The number of carbonyl (C=O) groups is 1. The molecule has 6 nitrogen and oxygen atoms in total. The smallest absolute Gasteiger partial charge is 0.317 e. The van der Waals surface area contributed by atoms with Gasteiger partial charge < -0.3 is 25.0 Å². The molecule has 4 rings (SSSR count). The molecule has 0 bridgehead atoms. The molecular formula is C21H25N3O3. The van der Waals surface area contributed by atoms with E-state index in [2.05, 4.69) is 22.8 Å². The summed E-state index contributed by atoms with van der Waals surface area (Å²) in [4.78, 5) is 14.5. The zero-order valence-corrected chi connectivity index (χ0v) is 15.3. The lowest BCUT2D eigenvalue weighted by Crippen LogP contribution is -2.50.